The number of aliphatic hydroxyl groups excluding tert-OH is 1. The van der Waals surface area contributed by atoms with E-state index in [9.17, 15) is 10.2 Å². The number of phenols is 1. The first-order chi connectivity index (χ1) is 7.48. The van der Waals surface area contributed by atoms with Crippen LogP contribution in [0.2, 0.25) is 0 Å². The Balaban J connectivity index is 2.11. The van der Waals surface area contributed by atoms with Gasteiger partial charge in [0.25, 0.3) is 0 Å². The highest BCUT2D eigenvalue weighted by Gasteiger charge is 2.34. The van der Waals surface area contributed by atoms with Crippen molar-refractivity contribution in [1.29, 1.82) is 0 Å². The van der Waals surface area contributed by atoms with Crippen LogP contribution in [0.25, 0.3) is 0 Å². The highest BCUT2D eigenvalue weighted by atomic mass is 16.3. The van der Waals surface area contributed by atoms with Gasteiger partial charge in [-0.05, 0) is 44.4 Å². The van der Waals surface area contributed by atoms with Crippen LogP contribution in [0.1, 0.15) is 38.4 Å². The van der Waals surface area contributed by atoms with Crippen LogP contribution < -0.4 is 5.32 Å². The lowest BCUT2D eigenvalue weighted by Crippen LogP contribution is -2.40. The fourth-order valence-corrected chi connectivity index (χ4v) is 2.34. The Bertz CT molecular complexity index is 376. The predicted molar refractivity (Wildman–Crippen MR) is 63.3 cm³/mol. The second-order valence-electron chi connectivity index (χ2n) is 5.21. The van der Waals surface area contributed by atoms with Crippen molar-refractivity contribution < 1.29 is 10.2 Å². The van der Waals surface area contributed by atoms with Crippen LogP contribution >= 0.6 is 0 Å². The molecule has 2 rings (SSSR count). The number of hydrogen-bond donors (Lipinski definition) is 3. The predicted octanol–water partition coefficient (Wildman–Crippen LogP) is 1.96. The minimum atomic E-state index is -0.547. The lowest BCUT2D eigenvalue weighted by molar-refractivity contribution is 0.131. The second kappa shape index (κ2) is 4.07. The molecule has 1 saturated heterocycles. The van der Waals surface area contributed by atoms with Crippen LogP contribution in [0.3, 0.4) is 0 Å². The van der Waals surface area contributed by atoms with Gasteiger partial charge < -0.3 is 15.5 Å². The Labute approximate surface area is 96.1 Å². The molecule has 0 spiro atoms. The zero-order chi connectivity index (χ0) is 11.8. The van der Waals surface area contributed by atoms with E-state index >= 15 is 0 Å². The molecule has 16 heavy (non-hydrogen) atoms. The molecule has 3 heteroatoms. The molecule has 2 atom stereocenters. The molecule has 1 aliphatic rings. The van der Waals surface area contributed by atoms with Gasteiger partial charge in [0, 0.05) is 11.6 Å². The van der Waals surface area contributed by atoms with E-state index in [4.69, 9.17) is 0 Å². The van der Waals surface area contributed by atoms with Gasteiger partial charge in [-0.25, -0.2) is 0 Å². The summed E-state index contributed by atoms with van der Waals surface area (Å²) in [7, 11) is 0. The van der Waals surface area contributed by atoms with E-state index in [1.54, 1.807) is 18.2 Å². The maximum Gasteiger partial charge on any atom is 0.115 e. The summed E-state index contributed by atoms with van der Waals surface area (Å²) in [5, 5.41) is 23.0. The summed E-state index contributed by atoms with van der Waals surface area (Å²) in [6, 6.07) is 6.92. The van der Waals surface area contributed by atoms with E-state index in [0.29, 0.717) is 0 Å². The molecular weight excluding hydrogens is 202 g/mol. The van der Waals surface area contributed by atoms with Crippen LogP contribution in [0.5, 0.6) is 5.75 Å². The van der Waals surface area contributed by atoms with Crippen LogP contribution in [-0.2, 0) is 0 Å². The van der Waals surface area contributed by atoms with Crippen LogP contribution in [0.4, 0.5) is 0 Å². The molecule has 0 unspecified atom stereocenters. The number of aliphatic hydroxyl groups is 1. The van der Waals surface area contributed by atoms with Gasteiger partial charge >= 0.3 is 0 Å². The third kappa shape index (κ3) is 2.36. The average molecular weight is 221 g/mol. The van der Waals surface area contributed by atoms with E-state index in [0.717, 1.165) is 18.4 Å². The van der Waals surface area contributed by atoms with Crippen molar-refractivity contribution in [2.75, 3.05) is 0 Å². The van der Waals surface area contributed by atoms with Gasteiger partial charge in [-0.15, -0.1) is 0 Å². The van der Waals surface area contributed by atoms with Gasteiger partial charge in [0.1, 0.15) is 5.75 Å². The van der Waals surface area contributed by atoms with Crippen molar-refractivity contribution in [1.82, 2.24) is 5.32 Å². The topological polar surface area (TPSA) is 52.5 Å². The average Bonchev–Trinajstić information content (AvgIpc) is 2.58. The van der Waals surface area contributed by atoms with E-state index in [-0.39, 0.29) is 17.3 Å². The molecule has 0 amide bonds. The van der Waals surface area contributed by atoms with Crippen LogP contribution in [0.15, 0.2) is 24.3 Å². The first kappa shape index (κ1) is 11.4. The van der Waals surface area contributed by atoms with Crippen molar-refractivity contribution >= 4 is 0 Å². The van der Waals surface area contributed by atoms with Crippen LogP contribution in [-0.4, -0.2) is 21.8 Å². The minimum Gasteiger partial charge on any atom is -0.508 e. The molecule has 3 N–H and O–H groups in total. The molecule has 1 aliphatic heterocycles. The number of phenolic OH excluding ortho intramolecular Hbond substituents is 1. The monoisotopic (exact) mass is 221 g/mol. The molecule has 3 nitrogen and oxygen atoms in total. The summed E-state index contributed by atoms with van der Waals surface area (Å²) >= 11 is 0. The van der Waals surface area contributed by atoms with Crippen molar-refractivity contribution in [3.05, 3.63) is 29.8 Å². The fourth-order valence-electron chi connectivity index (χ4n) is 2.34. The maximum atomic E-state index is 10.2. The quantitative estimate of drug-likeness (QED) is 0.715. The van der Waals surface area contributed by atoms with Gasteiger partial charge in [-0.3, -0.25) is 0 Å². The normalized spacial score (nSPS) is 25.6. The van der Waals surface area contributed by atoms with Crippen molar-refractivity contribution in [3.8, 4) is 5.75 Å². The Morgan fingerprint density at radius 3 is 2.75 bits per heavy atom. The fraction of sp³-hybridized carbons (Fsp3) is 0.538. The number of hydrogen-bond acceptors (Lipinski definition) is 3. The third-order valence-corrected chi connectivity index (χ3v) is 3.25. The number of rotatable bonds is 2. The molecule has 1 fully saturated rings. The molecule has 0 aromatic heterocycles. The molecule has 0 bridgehead atoms. The summed E-state index contributed by atoms with van der Waals surface area (Å²) in [5.74, 6) is 0.203. The largest absolute Gasteiger partial charge is 0.508 e. The third-order valence-electron chi connectivity index (χ3n) is 3.25. The number of nitrogens with one attached hydrogen (secondary N) is 1. The van der Waals surface area contributed by atoms with Crippen molar-refractivity contribution in [2.45, 2.75) is 44.4 Å². The smallest absolute Gasteiger partial charge is 0.115 e. The minimum absolute atomic E-state index is 0.0804. The van der Waals surface area contributed by atoms with Crippen molar-refractivity contribution in [2.24, 2.45) is 0 Å². The lowest BCUT2D eigenvalue weighted by atomic mass is 10.00. The van der Waals surface area contributed by atoms with E-state index in [1.165, 1.54) is 0 Å². The van der Waals surface area contributed by atoms with Gasteiger partial charge in [-0.2, -0.15) is 0 Å². The molecule has 1 heterocycles. The standard InChI is InChI=1S/C13H19NO2/c1-13(2)7-6-11(14-13)12(16)9-4-3-5-10(15)8-9/h3-5,8,11-12,14-16H,6-7H2,1-2H3/t11-,12-/m1/s1. The van der Waals surface area contributed by atoms with Crippen molar-refractivity contribution in [3.63, 3.8) is 0 Å². The first-order valence-corrected chi connectivity index (χ1v) is 5.73. The molecule has 0 saturated carbocycles. The molecule has 0 aliphatic carbocycles. The van der Waals surface area contributed by atoms with E-state index < -0.39 is 6.10 Å². The molecule has 0 radical (unpaired) electrons. The lowest BCUT2D eigenvalue weighted by Gasteiger charge is -2.24. The highest BCUT2D eigenvalue weighted by Crippen LogP contribution is 2.31. The second-order valence-corrected chi connectivity index (χ2v) is 5.21. The molecular formula is C13H19NO2. The van der Waals surface area contributed by atoms with E-state index in [1.807, 2.05) is 6.07 Å². The SMILES string of the molecule is CC1(C)CC[C@H]([C@H](O)c2cccc(O)c2)N1. The molecule has 1 aromatic rings. The summed E-state index contributed by atoms with van der Waals surface area (Å²) in [4.78, 5) is 0. The molecule has 1 aromatic carbocycles. The summed E-state index contributed by atoms with van der Waals surface area (Å²) in [5.41, 5.74) is 0.873. The zero-order valence-corrected chi connectivity index (χ0v) is 9.77. The summed E-state index contributed by atoms with van der Waals surface area (Å²) in [6.45, 7) is 4.28. The molecule has 88 valence electrons. The highest BCUT2D eigenvalue weighted by molar-refractivity contribution is 5.29. The summed E-state index contributed by atoms with van der Waals surface area (Å²) in [6.07, 6.45) is 1.48. The maximum absolute atomic E-state index is 10.2. The van der Waals surface area contributed by atoms with Gasteiger partial charge in [-0.1, -0.05) is 12.1 Å². The van der Waals surface area contributed by atoms with Gasteiger partial charge in [0.05, 0.1) is 6.10 Å². The van der Waals surface area contributed by atoms with Gasteiger partial charge in [0.15, 0.2) is 0 Å². The Hall–Kier alpha value is -1.06. The Morgan fingerprint density at radius 1 is 1.44 bits per heavy atom. The number of benzene rings is 1. The van der Waals surface area contributed by atoms with E-state index in [2.05, 4.69) is 19.2 Å². The zero-order valence-electron chi connectivity index (χ0n) is 9.77. The Kier molecular flexibility index (Phi) is 2.91. The van der Waals surface area contributed by atoms with Gasteiger partial charge in [0.2, 0.25) is 0 Å². The summed E-state index contributed by atoms with van der Waals surface area (Å²) < 4.78 is 0. The Morgan fingerprint density at radius 2 is 2.19 bits per heavy atom. The number of aromatic hydroxyl groups is 1. The van der Waals surface area contributed by atoms with Crippen LogP contribution in [0, 0.1) is 0 Å². The first-order valence-electron chi connectivity index (χ1n) is 5.73.